The van der Waals surface area contributed by atoms with Gasteiger partial charge in [-0.1, -0.05) is 30.3 Å². The molecule has 0 bridgehead atoms. The summed E-state index contributed by atoms with van der Waals surface area (Å²) in [5.74, 6) is -2.11. The monoisotopic (exact) mass is 244 g/mol. The van der Waals surface area contributed by atoms with Gasteiger partial charge in [0.2, 0.25) is 5.85 Å². The van der Waals surface area contributed by atoms with E-state index >= 15 is 0 Å². The zero-order valence-electron chi connectivity index (χ0n) is 8.74. The lowest BCUT2D eigenvalue weighted by Gasteiger charge is -2.18. The Morgan fingerprint density at radius 2 is 1.94 bits per heavy atom. The van der Waals surface area contributed by atoms with Gasteiger partial charge in [-0.2, -0.15) is 0 Å². The topological polar surface area (TPSA) is 83.8 Å². The summed E-state index contributed by atoms with van der Waals surface area (Å²) in [6, 6.07) is 8.72. The molecule has 0 aliphatic carbocycles. The Morgan fingerprint density at radius 3 is 2.38 bits per heavy atom. The second-order valence-corrected chi connectivity index (χ2v) is 5.10. The molecular weight excluding hydrogens is 231 g/mol. The molecular formula is C10H13O5P. The molecule has 0 aromatic heterocycles. The van der Waals surface area contributed by atoms with Gasteiger partial charge in [0.1, 0.15) is 0 Å². The molecule has 16 heavy (non-hydrogen) atoms. The second kappa shape index (κ2) is 5.25. The smallest absolute Gasteiger partial charge is 0.366 e. The third-order valence-electron chi connectivity index (χ3n) is 1.93. The van der Waals surface area contributed by atoms with Gasteiger partial charge in [0.15, 0.2) is 0 Å². The maximum Gasteiger partial charge on any atom is 0.366 e. The molecule has 1 aromatic rings. The Hall–Kier alpha value is -1.16. The first-order valence-corrected chi connectivity index (χ1v) is 6.34. The molecule has 0 aliphatic rings. The number of hydrogen-bond donors (Lipinski definition) is 2. The van der Waals surface area contributed by atoms with E-state index in [1.165, 1.54) is 0 Å². The van der Waals surface area contributed by atoms with Crippen molar-refractivity contribution in [1.29, 1.82) is 0 Å². The van der Waals surface area contributed by atoms with Gasteiger partial charge in [-0.3, -0.25) is 9.36 Å². The van der Waals surface area contributed by atoms with Crippen molar-refractivity contribution < 1.29 is 23.9 Å². The Bertz CT molecular complexity index is 397. The molecule has 0 aliphatic heterocycles. The fourth-order valence-corrected chi connectivity index (χ4v) is 1.97. The van der Waals surface area contributed by atoms with Crippen molar-refractivity contribution >= 4 is 13.6 Å². The van der Waals surface area contributed by atoms with E-state index in [0.29, 0.717) is 5.56 Å². The van der Waals surface area contributed by atoms with Crippen LogP contribution in [0.25, 0.3) is 0 Å². The Labute approximate surface area is 93.2 Å². The van der Waals surface area contributed by atoms with Gasteiger partial charge in [0, 0.05) is 13.3 Å². The van der Waals surface area contributed by atoms with Gasteiger partial charge >= 0.3 is 13.6 Å². The van der Waals surface area contributed by atoms with E-state index < -0.39 is 19.4 Å². The summed E-state index contributed by atoms with van der Waals surface area (Å²) in [6.07, 6.45) is 0.00466. The SMILES string of the molecule is CC(=O)OC(Cc1ccccc1)P(=O)(O)O. The van der Waals surface area contributed by atoms with Crippen LogP contribution in [0.1, 0.15) is 12.5 Å². The van der Waals surface area contributed by atoms with Crippen LogP contribution in [-0.2, 0) is 20.5 Å². The lowest BCUT2D eigenvalue weighted by molar-refractivity contribution is -0.143. The standard InChI is InChI=1S/C10H13O5P/c1-8(11)15-10(16(12,13)14)7-9-5-3-2-4-6-9/h2-6,10H,7H2,1H3,(H2,12,13,14). The summed E-state index contributed by atoms with van der Waals surface area (Å²) in [5.41, 5.74) is 0.706. The van der Waals surface area contributed by atoms with Gasteiger partial charge in [-0.05, 0) is 5.56 Å². The van der Waals surface area contributed by atoms with Gasteiger partial charge in [0.25, 0.3) is 0 Å². The van der Waals surface area contributed by atoms with Crippen LogP contribution in [-0.4, -0.2) is 21.6 Å². The molecule has 2 N–H and O–H groups in total. The summed E-state index contributed by atoms with van der Waals surface area (Å²) in [5, 5.41) is 0. The molecule has 1 rings (SSSR count). The van der Waals surface area contributed by atoms with Crippen LogP contribution in [0, 0.1) is 0 Å². The lowest BCUT2D eigenvalue weighted by atomic mass is 10.2. The van der Waals surface area contributed by atoms with Gasteiger partial charge in [0.05, 0.1) is 0 Å². The minimum absolute atomic E-state index is 0.00466. The fourth-order valence-electron chi connectivity index (χ4n) is 1.24. The maximum atomic E-state index is 11.1. The molecule has 1 aromatic carbocycles. The number of hydrogen-bond acceptors (Lipinski definition) is 3. The van der Waals surface area contributed by atoms with E-state index in [9.17, 15) is 9.36 Å². The van der Waals surface area contributed by atoms with E-state index in [4.69, 9.17) is 9.79 Å². The molecule has 88 valence electrons. The van der Waals surface area contributed by atoms with Crippen molar-refractivity contribution in [2.45, 2.75) is 19.2 Å². The van der Waals surface area contributed by atoms with Gasteiger partial charge in [-0.15, -0.1) is 0 Å². The van der Waals surface area contributed by atoms with Crippen molar-refractivity contribution in [3.05, 3.63) is 35.9 Å². The average Bonchev–Trinajstić information content (AvgIpc) is 2.16. The Kier molecular flexibility index (Phi) is 4.24. The highest BCUT2D eigenvalue weighted by Crippen LogP contribution is 2.43. The molecule has 0 saturated heterocycles. The predicted molar refractivity (Wildman–Crippen MR) is 57.7 cm³/mol. The lowest BCUT2D eigenvalue weighted by Crippen LogP contribution is -2.19. The number of esters is 1. The quantitative estimate of drug-likeness (QED) is 0.616. The first-order valence-electron chi connectivity index (χ1n) is 4.66. The fraction of sp³-hybridized carbons (Fsp3) is 0.300. The molecule has 1 unspecified atom stereocenters. The molecule has 0 fully saturated rings. The summed E-state index contributed by atoms with van der Waals surface area (Å²) >= 11 is 0. The molecule has 6 heteroatoms. The van der Waals surface area contributed by atoms with Crippen LogP contribution in [0.4, 0.5) is 0 Å². The molecule has 0 saturated carbocycles. The van der Waals surface area contributed by atoms with E-state index in [-0.39, 0.29) is 6.42 Å². The normalized spacial score (nSPS) is 13.2. The number of ether oxygens (including phenoxy) is 1. The van der Waals surface area contributed by atoms with E-state index in [1.807, 2.05) is 0 Å². The van der Waals surface area contributed by atoms with Crippen molar-refractivity contribution in [2.24, 2.45) is 0 Å². The first-order chi connectivity index (χ1) is 7.39. The molecule has 1 atom stereocenters. The van der Waals surface area contributed by atoms with Crippen molar-refractivity contribution in [1.82, 2.24) is 0 Å². The minimum Gasteiger partial charge on any atom is -0.449 e. The summed E-state index contributed by atoms with van der Waals surface area (Å²) < 4.78 is 15.7. The van der Waals surface area contributed by atoms with Crippen LogP contribution in [0.2, 0.25) is 0 Å². The van der Waals surface area contributed by atoms with E-state index in [0.717, 1.165) is 6.92 Å². The zero-order valence-corrected chi connectivity index (χ0v) is 9.63. The number of benzene rings is 1. The van der Waals surface area contributed by atoms with Crippen LogP contribution >= 0.6 is 7.60 Å². The third-order valence-corrected chi connectivity index (χ3v) is 2.97. The predicted octanol–water partition coefficient (Wildman–Crippen LogP) is 1.30. The highest BCUT2D eigenvalue weighted by molar-refractivity contribution is 7.52. The molecule has 0 radical (unpaired) electrons. The Morgan fingerprint density at radius 1 is 1.38 bits per heavy atom. The van der Waals surface area contributed by atoms with E-state index in [1.54, 1.807) is 30.3 Å². The molecule has 0 spiro atoms. The minimum atomic E-state index is -4.44. The van der Waals surface area contributed by atoms with Crippen LogP contribution in [0.15, 0.2) is 30.3 Å². The zero-order chi connectivity index (χ0) is 12.2. The van der Waals surface area contributed by atoms with Crippen LogP contribution < -0.4 is 0 Å². The van der Waals surface area contributed by atoms with Crippen LogP contribution in [0.3, 0.4) is 0 Å². The number of carbonyl (C=O) groups is 1. The molecule has 0 amide bonds. The van der Waals surface area contributed by atoms with Crippen molar-refractivity contribution in [3.63, 3.8) is 0 Å². The molecule has 5 nitrogen and oxygen atoms in total. The Balaban J connectivity index is 2.80. The summed E-state index contributed by atoms with van der Waals surface area (Å²) in [4.78, 5) is 28.8. The third kappa shape index (κ3) is 4.14. The average molecular weight is 244 g/mol. The van der Waals surface area contributed by atoms with Crippen molar-refractivity contribution in [3.8, 4) is 0 Å². The van der Waals surface area contributed by atoms with Gasteiger partial charge in [-0.25, -0.2) is 0 Å². The molecule has 0 heterocycles. The highest BCUT2D eigenvalue weighted by Gasteiger charge is 2.31. The van der Waals surface area contributed by atoms with Crippen LogP contribution in [0.5, 0.6) is 0 Å². The first kappa shape index (κ1) is 12.9. The van der Waals surface area contributed by atoms with Crippen molar-refractivity contribution in [2.75, 3.05) is 0 Å². The maximum absolute atomic E-state index is 11.1. The summed E-state index contributed by atoms with van der Waals surface area (Å²) in [6.45, 7) is 1.12. The number of carbonyl (C=O) groups excluding carboxylic acids is 1. The summed E-state index contributed by atoms with van der Waals surface area (Å²) in [7, 11) is -4.44. The largest absolute Gasteiger partial charge is 0.449 e. The van der Waals surface area contributed by atoms with Gasteiger partial charge < -0.3 is 14.5 Å². The highest BCUT2D eigenvalue weighted by atomic mass is 31.2. The number of rotatable bonds is 4. The second-order valence-electron chi connectivity index (χ2n) is 3.34. The van der Waals surface area contributed by atoms with E-state index in [2.05, 4.69) is 4.74 Å².